The van der Waals surface area contributed by atoms with Gasteiger partial charge in [-0.3, -0.25) is 4.79 Å². The molecule has 0 saturated heterocycles. The normalized spacial score (nSPS) is 17.2. The molecule has 0 spiro atoms. The number of nitriles is 1. The minimum atomic E-state index is -0.762. The van der Waals surface area contributed by atoms with Gasteiger partial charge in [-0.25, -0.2) is 9.97 Å². The Balaban J connectivity index is 1.35. The predicted octanol–water partition coefficient (Wildman–Crippen LogP) is 4.54. The van der Waals surface area contributed by atoms with E-state index in [0.717, 1.165) is 33.2 Å². The van der Waals surface area contributed by atoms with Gasteiger partial charge in [0, 0.05) is 17.1 Å². The molecule has 6 nitrogen and oxygen atoms in total. The van der Waals surface area contributed by atoms with Gasteiger partial charge < -0.3 is 10.1 Å². The van der Waals surface area contributed by atoms with Crippen LogP contribution in [-0.4, -0.2) is 22.5 Å². The zero-order valence-corrected chi connectivity index (χ0v) is 18.2. The molecule has 1 aliphatic heterocycles. The maximum atomic E-state index is 12.8. The fourth-order valence-electron chi connectivity index (χ4n) is 4.11. The second kappa shape index (κ2) is 8.45. The highest BCUT2D eigenvalue weighted by atomic mass is 16.5. The molecule has 1 aliphatic rings. The predicted molar refractivity (Wildman–Crippen MR) is 125 cm³/mol. The first kappa shape index (κ1) is 20.8. The van der Waals surface area contributed by atoms with E-state index in [2.05, 4.69) is 39.6 Å². The van der Waals surface area contributed by atoms with Crippen molar-refractivity contribution in [2.75, 3.05) is 6.61 Å². The molecule has 0 saturated carbocycles. The molecule has 1 aromatic heterocycles. The first-order chi connectivity index (χ1) is 16.1. The Kier molecular flexibility index (Phi) is 5.33. The SMILES string of the molecule is C[C@@]1(C#N)COCc2ccc(C(=O)NCc3ncc4ccc(-c5ccccc5)cc4n3)cc21. The van der Waals surface area contributed by atoms with Crippen LogP contribution in [0.1, 0.15) is 34.2 Å². The molecule has 162 valence electrons. The largest absolute Gasteiger partial charge is 0.375 e. The van der Waals surface area contributed by atoms with Crippen molar-refractivity contribution in [1.82, 2.24) is 15.3 Å². The molecule has 1 atom stereocenters. The van der Waals surface area contributed by atoms with E-state index in [4.69, 9.17) is 4.74 Å². The number of carbonyl (C=O) groups excluding carboxylic acids is 1. The summed E-state index contributed by atoms with van der Waals surface area (Å²) >= 11 is 0. The van der Waals surface area contributed by atoms with Crippen LogP contribution in [0.25, 0.3) is 22.0 Å². The average Bonchev–Trinajstić information content (AvgIpc) is 2.87. The van der Waals surface area contributed by atoms with Crippen LogP contribution in [0.3, 0.4) is 0 Å². The first-order valence-electron chi connectivity index (χ1n) is 10.8. The number of rotatable bonds is 4. The van der Waals surface area contributed by atoms with Gasteiger partial charge in [-0.2, -0.15) is 5.26 Å². The van der Waals surface area contributed by atoms with E-state index < -0.39 is 5.41 Å². The quantitative estimate of drug-likeness (QED) is 0.510. The van der Waals surface area contributed by atoms with Gasteiger partial charge >= 0.3 is 0 Å². The van der Waals surface area contributed by atoms with Gasteiger partial charge in [0.25, 0.3) is 5.91 Å². The van der Waals surface area contributed by atoms with Crippen molar-refractivity contribution in [3.63, 3.8) is 0 Å². The molecule has 6 heteroatoms. The van der Waals surface area contributed by atoms with Crippen molar-refractivity contribution in [3.8, 4) is 17.2 Å². The summed E-state index contributed by atoms with van der Waals surface area (Å²) in [5.74, 6) is 0.306. The molecule has 2 heterocycles. The number of nitrogens with one attached hydrogen (secondary N) is 1. The number of amides is 1. The van der Waals surface area contributed by atoms with Gasteiger partial charge in [-0.1, -0.05) is 48.5 Å². The Labute approximate surface area is 191 Å². The summed E-state index contributed by atoms with van der Waals surface area (Å²) < 4.78 is 5.54. The number of benzene rings is 3. The summed E-state index contributed by atoms with van der Waals surface area (Å²) in [5.41, 5.74) is 4.55. The molecule has 3 aromatic carbocycles. The zero-order chi connectivity index (χ0) is 22.8. The minimum absolute atomic E-state index is 0.208. The van der Waals surface area contributed by atoms with E-state index in [-0.39, 0.29) is 12.5 Å². The highest BCUT2D eigenvalue weighted by Gasteiger charge is 2.33. The van der Waals surface area contributed by atoms with Crippen LogP contribution in [0, 0.1) is 11.3 Å². The van der Waals surface area contributed by atoms with E-state index in [1.54, 1.807) is 18.3 Å². The molecular formula is C27H22N4O2. The summed E-state index contributed by atoms with van der Waals surface area (Å²) in [5, 5.41) is 13.5. The molecule has 1 N–H and O–H groups in total. The molecule has 0 unspecified atom stereocenters. The Bertz CT molecular complexity index is 1390. The van der Waals surface area contributed by atoms with Crippen LogP contribution in [-0.2, 0) is 23.3 Å². The van der Waals surface area contributed by atoms with Crippen LogP contribution in [0.2, 0.25) is 0 Å². The van der Waals surface area contributed by atoms with Crippen molar-refractivity contribution in [3.05, 3.63) is 95.4 Å². The van der Waals surface area contributed by atoms with Crippen molar-refractivity contribution < 1.29 is 9.53 Å². The van der Waals surface area contributed by atoms with Gasteiger partial charge in [0.05, 0.1) is 31.3 Å². The monoisotopic (exact) mass is 434 g/mol. The lowest BCUT2D eigenvalue weighted by molar-refractivity contribution is 0.0757. The van der Waals surface area contributed by atoms with Crippen molar-refractivity contribution in [2.45, 2.75) is 25.5 Å². The smallest absolute Gasteiger partial charge is 0.251 e. The van der Waals surface area contributed by atoms with E-state index in [1.807, 2.05) is 43.3 Å². The van der Waals surface area contributed by atoms with E-state index in [9.17, 15) is 10.1 Å². The number of fused-ring (bicyclic) bond motifs is 2. The molecule has 1 amide bonds. The third-order valence-corrected chi connectivity index (χ3v) is 6.01. The standard InChI is InChI=1S/C27H22N4O2/c1-27(16-28)17-33-15-22-10-8-20(11-23(22)27)26(32)30-14-25-29-13-21-9-7-19(12-24(21)31-25)18-5-3-2-4-6-18/h2-13H,14-15,17H2,1H3,(H,30,32)/t27-/m1/s1. The Hall–Kier alpha value is -4.08. The van der Waals surface area contributed by atoms with Crippen molar-refractivity contribution in [1.29, 1.82) is 5.26 Å². The highest BCUT2D eigenvalue weighted by molar-refractivity contribution is 5.94. The number of ether oxygens (including phenoxy) is 1. The highest BCUT2D eigenvalue weighted by Crippen LogP contribution is 2.32. The number of hydrogen-bond donors (Lipinski definition) is 1. The lowest BCUT2D eigenvalue weighted by atomic mass is 9.79. The van der Waals surface area contributed by atoms with Crippen LogP contribution in [0.4, 0.5) is 0 Å². The fourth-order valence-corrected chi connectivity index (χ4v) is 4.11. The summed E-state index contributed by atoms with van der Waals surface area (Å²) in [6.45, 7) is 2.81. The minimum Gasteiger partial charge on any atom is -0.375 e. The number of carbonyl (C=O) groups is 1. The van der Waals surface area contributed by atoms with E-state index in [1.165, 1.54) is 0 Å². The van der Waals surface area contributed by atoms with Gasteiger partial charge in [0.2, 0.25) is 0 Å². The second-order valence-electron chi connectivity index (χ2n) is 8.42. The van der Waals surface area contributed by atoms with Crippen LogP contribution >= 0.6 is 0 Å². The second-order valence-corrected chi connectivity index (χ2v) is 8.42. The third-order valence-electron chi connectivity index (χ3n) is 6.01. The Morgan fingerprint density at radius 3 is 2.79 bits per heavy atom. The molecule has 0 radical (unpaired) electrons. The zero-order valence-electron chi connectivity index (χ0n) is 18.2. The summed E-state index contributed by atoms with van der Waals surface area (Å²) in [4.78, 5) is 21.9. The molecule has 4 aromatic rings. The fraction of sp³-hybridized carbons (Fsp3) is 0.185. The van der Waals surface area contributed by atoms with E-state index in [0.29, 0.717) is 24.6 Å². The van der Waals surface area contributed by atoms with Crippen LogP contribution < -0.4 is 5.32 Å². The third kappa shape index (κ3) is 4.07. The van der Waals surface area contributed by atoms with Crippen LogP contribution in [0.15, 0.2) is 72.9 Å². The molecule has 33 heavy (non-hydrogen) atoms. The molecule has 0 fully saturated rings. The number of hydrogen-bond acceptors (Lipinski definition) is 5. The van der Waals surface area contributed by atoms with Crippen LogP contribution in [0.5, 0.6) is 0 Å². The summed E-state index contributed by atoms with van der Waals surface area (Å²) in [6, 6.07) is 23.9. The maximum absolute atomic E-state index is 12.8. The van der Waals surface area contributed by atoms with Gasteiger partial charge in [-0.05, 0) is 47.4 Å². The van der Waals surface area contributed by atoms with Gasteiger partial charge in [0.1, 0.15) is 11.2 Å². The lowest BCUT2D eigenvalue weighted by Gasteiger charge is -2.30. The maximum Gasteiger partial charge on any atom is 0.251 e. The van der Waals surface area contributed by atoms with Crippen molar-refractivity contribution >= 4 is 16.8 Å². The topological polar surface area (TPSA) is 87.9 Å². The summed E-state index contributed by atoms with van der Waals surface area (Å²) in [6.07, 6.45) is 1.77. The average molecular weight is 434 g/mol. The van der Waals surface area contributed by atoms with E-state index >= 15 is 0 Å². The molecule has 0 bridgehead atoms. The molecular weight excluding hydrogens is 412 g/mol. The Morgan fingerprint density at radius 2 is 1.97 bits per heavy atom. The van der Waals surface area contributed by atoms with Crippen molar-refractivity contribution in [2.24, 2.45) is 0 Å². The number of nitrogens with zero attached hydrogens (tertiary/aromatic N) is 3. The lowest BCUT2D eigenvalue weighted by Crippen LogP contribution is -2.33. The molecule has 0 aliphatic carbocycles. The first-order valence-corrected chi connectivity index (χ1v) is 10.8. The number of aromatic nitrogens is 2. The Morgan fingerprint density at radius 1 is 1.12 bits per heavy atom. The summed E-state index contributed by atoms with van der Waals surface area (Å²) in [7, 11) is 0. The van der Waals surface area contributed by atoms with Gasteiger partial charge in [0.15, 0.2) is 0 Å². The van der Waals surface area contributed by atoms with Gasteiger partial charge in [-0.15, -0.1) is 0 Å². The molecule has 5 rings (SSSR count).